The lowest BCUT2D eigenvalue weighted by atomic mass is 10.1. The van der Waals surface area contributed by atoms with E-state index in [1.165, 1.54) is 24.1 Å². The predicted octanol–water partition coefficient (Wildman–Crippen LogP) is 4.44. The number of rotatable bonds is 9. The van der Waals surface area contributed by atoms with E-state index in [1.54, 1.807) is 0 Å². The molecule has 144 valence electrons. The van der Waals surface area contributed by atoms with Gasteiger partial charge in [-0.1, -0.05) is 25.5 Å². The lowest BCUT2D eigenvalue weighted by Crippen LogP contribution is -2.25. The molecule has 0 radical (unpaired) electrons. The number of carbonyl (C=O) groups is 1. The van der Waals surface area contributed by atoms with Crippen LogP contribution in [0.15, 0.2) is 48.5 Å². The zero-order valence-electron chi connectivity index (χ0n) is 16.2. The summed E-state index contributed by atoms with van der Waals surface area (Å²) in [6, 6.07) is 16.1. The third kappa shape index (κ3) is 5.75. The van der Waals surface area contributed by atoms with Crippen LogP contribution in [0.1, 0.15) is 48.5 Å². The largest absolute Gasteiger partial charge is 0.494 e. The Morgan fingerprint density at radius 2 is 1.74 bits per heavy atom. The zero-order valence-corrected chi connectivity index (χ0v) is 16.2. The van der Waals surface area contributed by atoms with E-state index >= 15 is 0 Å². The molecule has 0 aliphatic carbocycles. The molecule has 0 unspecified atom stereocenters. The quantitative estimate of drug-likeness (QED) is 0.667. The molecule has 0 aromatic heterocycles. The highest BCUT2D eigenvalue weighted by atomic mass is 16.5. The highest BCUT2D eigenvalue weighted by Crippen LogP contribution is 2.20. The number of ether oxygens (including phenoxy) is 1. The maximum Gasteiger partial charge on any atom is 0.251 e. The first-order valence-electron chi connectivity index (χ1n) is 10.1. The van der Waals surface area contributed by atoms with Crippen LogP contribution in [0, 0.1) is 0 Å². The van der Waals surface area contributed by atoms with Crippen LogP contribution in [0.5, 0.6) is 5.75 Å². The smallest absolute Gasteiger partial charge is 0.251 e. The van der Waals surface area contributed by atoms with Gasteiger partial charge < -0.3 is 15.0 Å². The molecule has 2 aromatic carbocycles. The van der Waals surface area contributed by atoms with Crippen molar-refractivity contribution in [1.82, 2.24) is 5.32 Å². The van der Waals surface area contributed by atoms with Gasteiger partial charge in [0.05, 0.1) is 6.61 Å². The number of nitrogens with one attached hydrogen (secondary N) is 1. The van der Waals surface area contributed by atoms with Crippen molar-refractivity contribution < 1.29 is 9.53 Å². The molecule has 1 aliphatic heterocycles. The van der Waals surface area contributed by atoms with E-state index in [4.69, 9.17) is 4.74 Å². The number of hydrogen-bond donors (Lipinski definition) is 1. The van der Waals surface area contributed by atoms with E-state index in [-0.39, 0.29) is 5.91 Å². The number of nitrogens with zero attached hydrogens (tertiary/aromatic N) is 1. The van der Waals surface area contributed by atoms with Crippen molar-refractivity contribution in [3.8, 4) is 5.75 Å². The van der Waals surface area contributed by atoms with Gasteiger partial charge >= 0.3 is 0 Å². The molecule has 4 heteroatoms. The molecular formula is C23H30N2O2. The molecule has 4 nitrogen and oxygen atoms in total. The SMILES string of the molecule is CCCCOc1ccc(C(=O)NCCc2ccc(N3CCCC3)cc2)cc1. The number of anilines is 1. The van der Waals surface area contributed by atoms with E-state index in [2.05, 4.69) is 41.4 Å². The lowest BCUT2D eigenvalue weighted by Gasteiger charge is -2.17. The van der Waals surface area contributed by atoms with Gasteiger partial charge in [-0.05, 0) is 67.6 Å². The lowest BCUT2D eigenvalue weighted by molar-refractivity contribution is 0.0954. The first-order valence-corrected chi connectivity index (χ1v) is 10.1. The van der Waals surface area contributed by atoms with Crippen LogP contribution in [0.3, 0.4) is 0 Å². The summed E-state index contributed by atoms with van der Waals surface area (Å²) in [7, 11) is 0. The molecule has 1 N–H and O–H groups in total. The van der Waals surface area contributed by atoms with Crippen LogP contribution >= 0.6 is 0 Å². The van der Waals surface area contributed by atoms with E-state index in [9.17, 15) is 4.79 Å². The van der Waals surface area contributed by atoms with Crippen molar-refractivity contribution in [2.45, 2.75) is 39.0 Å². The first kappa shape index (κ1) is 19.3. The predicted molar refractivity (Wildman–Crippen MR) is 111 cm³/mol. The van der Waals surface area contributed by atoms with Crippen LogP contribution in [0.2, 0.25) is 0 Å². The molecule has 1 heterocycles. The zero-order chi connectivity index (χ0) is 18.9. The molecular weight excluding hydrogens is 336 g/mol. The Bertz CT molecular complexity index is 704. The van der Waals surface area contributed by atoms with Crippen molar-refractivity contribution in [2.24, 2.45) is 0 Å². The minimum atomic E-state index is -0.0382. The number of unbranched alkanes of at least 4 members (excludes halogenated alkanes) is 1. The van der Waals surface area contributed by atoms with Gasteiger partial charge in [-0.2, -0.15) is 0 Å². The third-order valence-electron chi connectivity index (χ3n) is 4.99. The van der Waals surface area contributed by atoms with E-state index < -0.39 is 0 Å². The molecule has 1 amide bonds. The first-order chi connectivity index (χ1) is 13.3. The summed E-state index contributed by atoms with van der Waals surface area (Å²) in [5, 5.41) is 3.00. The van der Waals surface area contributed by atoms with Gasteiger partial charge in [-0.3, -0.25) is 4.79 Å². The van der Waals surface area contributed by atoms with Gasteiger partial charge in [0, 0.05) is 30.9 Å². The van der Waals surface area contributed by atoms with E-state index in [1.807, 2.05) is 24.3 Å². The topological polar surface area (TPSA) is 41.6 Å². The summed E-state index contributed by atoms with van der Waals surface area (Å²) in [6.45, 7) is 5.82. The van der Waals surface area contributed by atoms with Gasteiger partial charge in [0.1, 0.15) is 5.75 Å². The average molecular weight is 367 g/mol. The summed E-state index contributed by atoms with van der Waals surface area (Å²) in [6.07, 6.45) is 5.58. The highest BCUT2D eigenvalue weighted by molar-refractivity contribution is 5.94. The second-order valence-corrected chi connectivity index (χ2v) is 7.09. The standard InChI is InChI=1S/C23H30N2O2/c1-2-3-18-27-22-12-8-20(9-13-22)23(26)24-15-14-19-6-10-21(11-7-19)25-16-4-5-17-25/h6-13H,2-5,14-18H2,1H3,(H,24,26). The monoisotopic (exact) mass is 366 g/mol. The Morgan fingerprint density at radius 1 is 1.04 bits per heavy atom. The van der Waals surface area contributed by atoms with Crippen LogP contribution in [-0.2, 0) is 6.42 Å². The average Bonchev–Trinajstić information content (AvgIpc) is 3.24. The van der Waals surface area contributed by atoms with Crippen LogP contribution in [0.4, 0.5) is 5.69 Å². The van der Waals surface area contributed by atoms with E-state index in [0.717, 1.165) is 44.7 Å². The molecule has 0 saturated carbocycles. The molecule has 0 bridgehead atoms. The van der Waals surface area contributed by atoms with Crippen molar-refractivity contribution in [3.63, 3.8) is 0 Å². The second-order valence-electron chi connectivity index (χ2n) is 7.09. The van der Waals surface area contributed by atoms with Crippen molar-refractivity contribution in [1.29, 1.82) is 0 Å². The summed E-state index contributed by atoms with van der Waals surface area (Å²) in [4.78, 5) is 14.7. The Morgan fingerprint density at radius 3 is 2.41 bits per heavy atom. The molecule has 27 heavy (non-hydrogen) atoms. The third-order valence-corrected chi connectivity index (χ3v) is 4.99. The normalized spacial score (nSPS) is 13.6. The number of benzene rings is 2. The van der Waals surface area contributed by atoms with Gasteiger partial charge in [-0.25, -0.2) is 0 Å². The summed E-state index contributed by atoms with van der Waals surface area (Å²) < 4.78 is 5.63. The summed E-state index contributed by atoms with van der Waals surface area (Å²) >= 11 is 0. The van der Waals surface area contributed by atoms with Crippen molar-refractivity contribution in [2.75, 3.05) is 31.1 Å². The van der Waals surface area contributed by atoms with Crippen molar-refractivity contribution >= 4 is 11.6 Å². The van der Waals surface area contributed by atoms with Gasteiger partial charge in [0.25, 0.3) is 5.91 Å². The summed E-state index contributed by atoms with van der Waals surface area (Å²) in [5.41, 5.74) is 3.22. The molecule has 0 atom stereocenters. The second kappa shape index (κ2) is 10.0. The van der Waals surface area contributed by atoms with Crippen LogP contribution < -0.4 is 15.0 Å². The fourth-order valence-corrected chi connectivity index (χ4v) is 3.31. The number of carbonyl (C=O) groups excluding carboxylic acids is 1. The van der Waals surface area contributed by atoms with Crippen LogP contribution in [-0.4, -0.2) is 32.1 Å². The minimum absolute atomic E-state index is 0.0382. The number of hydrogen-bond acceptors (Lipinski definition) is 3. The Hall–Kier alpha value is -2.49. The Balaban J connectivity index is 1.42. The molecule has 0 spiro atoms. The van der Waals surface area contributed by atoms with Crippen molar-refractivity contribution in [3.05, 3.63) is 59.7 Å². The van der Waals surface area contributed by atoms with Gasteiger partial charge in [0.2, 0.25) is 0 Å². The van der Waals surface area contributed by atoms with E-state index in [0.29, 0.717) is 12.1 Å². The number of amides is 1. The fourth-order valence-electron chi connectivity index (χ4n) is 3.31. The molecule has 1 saturated heterocycles. The fraction of sp³-hybridized carbons (Fsp3) is 0.435. The maximum absolute atomic E-state index is 12.3. The van der Waals surface area contributed by atoms with Crippen LogP contribution in [0.25, 0.3) is 0 Å². The Kier molecular flexibility index (Phi) is 7.14. The molecule has 1 aliphatic rings. The highest BCUT2D eigenvalue weighted by Gasteiger charge is 2.11. The molecule has 2 aromatic rings. The molecule has 1 fully saturated rings. The minimum Gasteiger partial charge on any atom is -0.494 e. The Labute approximate surface area is 162 Å². The summed E-state index contributed by atoms with van der Waals surface area (Å²) in [5.74, 6) is 0.780. The van der Waals surface area contributed by atoms with Gasteiger partial charge in [0.15, 0.2) is 0 Å². The maximum atomic E-state index is 12.3. The van der Waals surface area contributed by atoms with Gasteiger partial charge in [-0.15, -0.1) is 0 Å². The molecule has 3 rings (SSSR count).